The van der Waals surface area contributed by atoms with Gasteiger partial charge in [0.15, 0.2) is 5.82 Å². The van der Waals surface area contributed by atoms with Gasteiger partial charge in [0.25, 0.3) is 0 Å². The van der Waals surface area contributed by atoms with Gasteiger partial charge in [-0.2, -0.15) is 0 Å². The van der Waals surface area contributed by atoms with Crippen molar-refractivity contribution in [2.24, 2.45) is 0 Å². The smallest absolute Gasteiger partial charge is 0.192 e. The standard InChI is InChI=1S/C12H16N6/c13-9-4-3-5-10(8-9)18-16-12(15-17-18)11-6-1-2-7-14-11/h3-5,8,11,14H,1-2,6-7,13H2. The highest BCUT2D eigenvalue weighted by atomic mass is 15.6. The van der Waals surface area contributed by atoms with Crippen molar-refractivity contribution >= 4 is 5.69 Å². The molecule has 0 saturated carbocycles. The number of nitrogen functional groups attached to an aromatic ring is 1. The number of hydrogen-bond acceptors (Lipinski definition) is 5. The van der Waals surface area contributed by atoms with E-state index in [0.717, 1.165) is 24.5 Å². The molecule has 1 fully saturated rings. The first-order valence-corrected chi connectivity index (χ1v) is 6.22. The fourth-order valence-electron chi connectivity index (χ4n) is 2.20. The summed E-state index contributed by atoms with van der Waals surface area (Å²) in [5, 5.41) is 16.0. The van der Waals surface area contributed by atoms with Crippen LogP contribution in [0.1, 0.15) is 31.1 Å². The third-order valence-electron chi connectivity index (χ3n) is 3.15. The molecule has 3 N–H and O–H groups in total. The van der Waals surface area contributed by atoms with Crippen LogP contribution < -0.4 is 11.1 Å². The Morgan fingerprint density at radius 3 is 3.06 bits per heavy atom. The SMILES string of the molecule is Nc1cccc(-n2nnc(C3CCCCN3)n2)c1. The molecular formula is C12H16N6. The topological polar surface area (TPSA) is 81.7 Å². The molecule has 1 aliphatic rings. The molecule has 2 heterocycles. The molecule has 1 unspecified atom stereocenters. The maximum Gasteiger partial charge on any atom is 0.192 e. The van der Waals surface area contributed by atoms with E-state index < -0.39 is 0 Å². The minimum atomic E-state index is 0.230. The minimum absolute atomic E-state index is 0.230. The largest absolute Gasteiger partial charge is 0.399 e. The average Bonchev–Trinajstić information content (AvgIpc) is 2.89. The van der Waals surface area contributed by atoms with E-state index in [4.69, 9.17) is 5.73 Å². The zero-order valence-electron chi connectivity index (χ0n) is 10.1. The lowest BCUT2D eigenvalue weighted by atomic mass is 10.1. The van der Waals surface area contributed by atoms with E-state index in [1.54, 1.807) is 0 Å². The zero-order chi connectivity index (χ0) is 12.4. The van der Waals surface area contributed by atoms with Crippen LogP contribution in [-0.2, 0) is 0 Å². The van der Waals surface area contributed by atoms with E-state index in [9.17, 15) is 0 Å². The lowest BCUT2D eigenvalue weighted by Crippen LogP contribution is -2.27. The Bertz CT molecular complexity index is 529. The summed E-state index contributed by atoms with van der Waals surface area (Å²) in [6.45, 7) is 1.03. The van der Waals surface area contributed by atoms with E-state index >= 15 is 0 Å². The lowest BCUT2D eigenvalue weighted by Gasteiger charge is -2.19. The number of nitrogens with zero attached hydrogens (tertiary/aromatic N) is 4. The fourth-order valence-corrected chi connectivity index (χ4v) is 2.20. The number of hydrogen-bond donors (Lipinski definition) is 2. The van der Waals surface area contributed by atoms with Crippen LogP contribution in [0.25, 0.3) is 5.69 Å². The van der Waals surface area contributed by atoms with Crippen LogP contribution in [0.15, 0.2) is 24.3 Å². The summed E-state index contributed by atoms with van der Waals surface area (Å²) in [5.41, 5.74) is 7.28. The summed E-state index contributed by atoms with van der Waals surface area (Å²) in [7, 11) is 0. The quantitative estimate of drug-likeness (QED) is 0.772. The molecule has 0 bridgehead atoms. The Kier molecular flexibility index (Phi) is 2.93. The summed E-state index contributed by atoms with van der Waals surface area (Å²) in [4.78, 5) is 1.53. The van der Waals surface area contributed by atoms with Gasteiger partial charge >= 0.3 is 0 Å². The number of tetrazole rings is 1. The zero-order valence-corrected chi connectivity index (χ0v) is 10.1. The summed E-state index contributed by atoms with van der Waals surface area (Å²) < 4.78 is 0. The molecule has 1 atom stereocenters. The van der Waals surface area contributed by atoms with Gasteiger partial charge in [-0.15, -0.1) is 15.0 Å². The first-order valence-electron chi connectivity index (χ1n) is 6.22. The predicted octanol–water partition coefficient (Wildman–Crippen LogP) is 1.06. The molecule has 3 rings (SSSR count). The van der Waals surface area contributed by atoms with Crippen LogP contribution in [0, 0.1) is 0 Å². The van der Waals surface area contributed by atoms with Crippen molar-refractivity contribution in [3.63, 3.8) is 0 Å². The number of benzene rings is 1. The Labute approximate surface area is 105 Å². The Morgan fingerprint density at radius 2 is 2.28 bits per heavy atom. The molecule has 6 heteroatoms. The van der Waals surface area contributed by atoms with Crippen molar-refractivity contribution < 1.29 is 0 Å². The predicted molar refractivity (Wildman–Crippen MR) is 68.2 cm³/mol. The highest BCUT2D eigenvalue weighted by Gasteiger charge is 2.19. The minimum Gasteiger partial charge on any atom is -0.399 e. The molecule has 18 heavy (non-hydrogen) atoms. The number of piperidine rings is 1. The maximum absolute atomic E-state index is 5.74. The van der Waals surface area contributed by atoms with Crippen molar-refractivity contribution in [1.29, 1.82) is 0 Å². The Morgan fingerprint density at radius 1 is 1.33 bits per heavy atom. The van der Waals surface area contributed by atoms with Crippen molar-refractivity contribution in [3.05, 3.63) is 30.1 Å². The molecule has 1 aliphatic heterocycles. The van der Waals surface area contributed by atoms with Crippen LogP contribution >= 0.6 is 0 Å². The third-order valence-corrected chi connectivity index (χ3v) is 3.15. The summed E-state index contributed by atoms with van der Waals surface area (Å²) in [6.07, 6.45) is 3.51. The van der Waals surface area contributed by atoms with Gasteiger partial charge in [-0.05, 0) is 42.8 Å². The van der Waals surface area contributed by atoms with E-state index in [1.807, 2.05) is 24.3 Å². The molecule has 1 aromatic carbocycles. The van der Waals surface area contributed by atoms with Crippen LogP contribution in [0.2, 0.25) is 0 Å². The molecule has 0 radical (unpaired) electrons. The molecule has 1 aromatic heterocycles. The monoisotopic (exact) mass is 244 g/mol. The molecule has 94 valence electrons. The fraction of sp³-hybridized carbons (Fsp3) is 0.417. The first-order chi connectivity index (χ1) is 8.83. The molecule has 0 aliphatic carbocycles. The summed E-state index contributed by atoms with van der Waals surface area (Å²) >= 11 is 0. The van der Waals surface area contributed by atoms with E-state index in [1.165, 1.54) is 17.6 Å². The molecule has 1 saturated heterocycles. The van der Waals surface area contributed by atoms with Gasteiger partial charge in [0, 0.05) is 5.69 Å². The van der Waals surface area contributed by atoms with Crippen molar-refractivity contribution in [3.8, 4) is 5.69 Å². The molecule has 6 nitrogen and oxygen atoms in total. The van der Waals surface area contributed by atoms with Crippen LogP contribution in [0.5, 0.6) is 0 Å². The molecular weight excluding hydrogens is 228 g/mol. The second kappa shape index (κ2) is 4.73. The number of rotatable bonds is 2. The number of nitrogens with two attached hydrogens (primary N) is 1. The summed E-state index contributed by atoms with van der Waals surface area (Å²) in [5.74, 6) is 0.761. The van der Waals surface area contributed by atoms with Gasteiger partial charge in [-0.25, -0.2) is 0 Å². The second-order valence-corrected chi connectivity index (χ2v) is 4.53. The number of aromatic nitrogens is 4. The second-order valence-electron chi connectivity index (χ2n) is 4.53. The van der Waals surface area contributed by atoms with Gasteiger partial charge in [0.2, 0.25) is 0 Å². The third kappa shape index (κ3) is 2.19. The highest BCUT2D eigenvalue weighted by Crippen LogP contribution is 2.19. The van der Waals surface area contributed by atoms with Crippen LogP contribution in [0.4, 0.5) is 5.69 Å². The van der Waals surface area contributed by atoms with Crippen molar-refractivity contribution in [2.45, 2.75) is 25.3 Å². The average molecular weight is 244 g/mol. The summed E-state index contributed by atoms with van der Waals surface area (Å²) in [6, 6.07) is 7.69. The van der Waals surface area contributed by atoms with Crippen molar-refractivity contribution in [1.82, 2.24) is 25.5 Å². The normalized spacial score (nSPS) is 19.9. The Balaban J connectivity index is 1.84. The number of nitrogens with one attached hydrogen (secondary N) is 1. The van der Waals surface area contributed by atoms with E-state index in [2.05, 4.69) is 20.7 Å². The van der Waals surface area contributed by atoms with Gasteiger partial charge in [0.05, 0.1) is 11.7 Å². The van der Waals surface area contributed by atoms with Crippen LogP contribution in [0.3, 0.4) is 0 Å². The van der Waals surface area contributed by atoms with Crippen LogP contribution in [-0.4, -0.2) is 26.8 Å². The Hall–Kier alpha value is -1.95. The maximum atomic E-state index is 5.74. The highest BCUT2D eigenvalue weighted by molar-refractivity contribution is 5.46. The first kappa shape index (κ1) is 11.2. The van der Waals surface area contributed by atoms with Gasteiger partial charge in [0.1, 0.15) is 0 Å². The van der Waals surface area contributed by atoms with Gasteiger partial charge in [-0.3, -0.25) is 0 Å². The number of anilines is 1. The lowest BCUT2D eigenvalue weighted by molar-refractivity contribution is 0.397. The molecule has 0 amide bonds. The van der Waals surface area contributed by atoms with E-state index in [0.29, 0.717) is 5.69 Å². The van der Waals surface area contributed by atoms with Crippen molar-refractivity contribution in [2.75, 3.05) is 12.3 Å². The molecule has 2 aromatic rings. The molecule has 0 spiro atoms. The van der Waals surface area contributed by atoms with Gasteiger partial charge in [-0.1, -0.05) is 12.5 Å². The van der Waals surface area contributed by atoms with E-state index in [-0.39, 0.29) is 6.04 Å². The van der Waals surface area contributed by atoms with Gasteiger partial charge < -0.3 is 11.1 Å².